The van der Waals surface area contributed by atoms with Crippen LogP contribution in [0.5, 0.6) is 5.75 Å². The first-order valence-corrected chi connectivity index (χ1v) is 15.2. The molecule has 4 bridgehead atoms. The highest BCUT2D eigenvalue weighted by Crippen LogP contribution is 2.49. The summed E-state index contributed by atoms with van der Waals surface area (Å²) in [5, 5.41) is 14.4. The molecule has 1 aromatic rings. The number of epoxide rings is 1. The van der Waals surface area contributed by atoms with Gasteiger partial charge in [0.25, 0.3) is 0 Å². The zero-order chi connectivity index (χ0) is 33.3. The summed E-state index contributed by atoms with van der Waals surface area (Å²) < 4.78 is 28.8. The first-order valence-electron chi connectivity index (χ1n) is 14.8. The number of benzene rings is 1. The van der Waals surface area contributed by atoms with Crippen molar-refractivity contribution < 1.29 is 43.2 Å². The Labute approximate surface area is 269 Å². The molecule has 2 fully saturated rings. The Morgan fingerprint density at radius 2 is 1.98 bits per heavy atom. The third-order valence-electron chi connectivity index (χ3n) is 8.67. The number of halogens is 1. The lowest BCUT2D eigenvalue weighted by molar-refractivity contribution is -0.154. The lowest BCUT2D eigenvalue weighted by Gasteiger charge is -2.42. The van der Waals surface area contributed by atoms with E-state index in [0.717, 1.165) is 11.1 Å². The monoisotopic (exact) mass is 649 g/mol. The summed E-state index contributed by atoms with van der Waals surface area (Å²) in [4.78, 5) is 42.5. The number of esters is 1. The van der Waals surface area contributed by atoms with Crippen LogP contribution < -0.4 is 15.0 Å². The smallest absolute Gasteiger partial charge is 0.409 e. The summed E-state index contributed by atoms with van der Waals surface area (Å²) in [5.74, 6) is -0.927. The number of methoxy groups -OCH3 is 2. The maximum Gasteiger partial charge on any atom is 0.409 e. The second kappa shape index (κ2) is 13.7. The van der Waals surface area contributed by atoms with Crippen LogP contribution in [0, 0.1) is 5.92 Å². The summed E-state index contributed by atoms with van der Waals surface area (Å²) in [6.45, 7) is 5.53. The predicted molar refractivity (Wildman–Crippen MR) is 167 cm³/mol. The molecule has 3 aliphatic rings. The molecule has 2 N–H and O–H groups in total. The van der Waals surface area contributed by atoms with Gasteiger partial charge < -0.3 is 33.7 Å². The highest BCUT2D eigenvalue weighted by atomic mass is 35.5. The van der Waals surface area contributed by atoms with Crippen molar-refractivity contribution in [3.63, 3.8) is 0 Å². The topological polar surface area (TPSA) is 139 Å². The van der Waals surface area contributed by atoms with E-state index in [4.69, 9.17) is 35.3 Å². The van der Waals surface area contributed by atoms with Crippen molar-refractivity contribution in [1.29, 1.82) is 0 Å². The van der Waals surface area contributed by atoms with Crippen molar-refractivity contribution >= 4 is 35.3 Å². The molecule has 12 nitrogen and oxygen atoms in total. The van der Waals surface area contributed by atoms with Crippen LogP contribution in [-0.2, 0) is 35.0 Å². The molecule has 13 heteroatoms. The van der Waals surface area contributed by atoms with Gasteiger partial charge in [-0.3, -0.25) is 19.8 Å². The van der Waals surface area contributed by atoms with Crippen LogP contribution in [0.25, 0.3) is 0 Å². The minimum absolute atomic E-state index is 0.000362. The average molecular weight is 650 g/mol. The predicted octanol–water partition coefficient (Wildman–Crippen LogP) is 3.23. The maximum atomic E-state index is 13.8. The van der Waals surface area contributed by atoms with Crippen LogP contribution in [0.2, 0.25) is 5.02 Å². The van der Waals surface area contributed by atoms with Crippen LogP contribution >= 0.6 is 11.6 Å². The van der Waals surface area contributed by atoms with Crippen molar-refractivity contribution in [3.05, 3.63) is 46.5 Å². The zero-order valence-electron chi connectivity index (χ0n) is 27.1. The van der Waals surface area contributed by atoms with E-state index in [1.807, 2.05) is 32.1 Å². The third-order valence-corrected chi connectivity index (χ3v) is 9.05. The molecular formula is C32H44ClN3O9. The van der Waals surface area contributed by atoms with Crippen molar-refractivity contribution in [2.45, 2.75) is 75.8 Å². The van der Waals surface area contributed by atoms with E-state index in [2.05, 4.69) is 5.32 Å². The standard InChI is InChI=1S/C32H44ClN3O9/c1-18-10-9-11-24(42-8)32(40)16-23(43-30(39)34-32)19(2)29-31(3,45-29)25(44-27(38)17-35(4)5)15-26(37)36(6)21-13-20(12-18)14-22(41-7)28(21)33/h9-11,13-14,19,23-25,29,40H,12,15-17H2,1-8H3,(H,34,39)/b11-9+,18-10+/t19-,23+,24-,25+,29+,31+,32+/m1/s1. The zero-order valence-corrected chi connectivity index (χ0v) is 27.8. The molecule has 0 unspecified atom stereocenters. The molecule has 7 atom stereocenters. The first-order chi connectivity index (χ1) is 21.1. The number of likely N-dealkylation sites (N-methyl/N-ethyl adjacent to an activating group) is 1. The summed E-state index contributed by atoms with van der Waals surface area (Å²) in [6, 6.07) is 3.63. The van der Waals surface area contributed by atoms with Gasteiger partial charge in [0.2, 0.25) is 5.91 Å². The molecule has 3 heterocycles. The van der Waals surface area contributed by atoms with E-state index in [9.17, 15) is 19.5 Å². The molecule has 0 radical (unpaired) electrons. The molecule has 1 aromatic carbocycles. The van der Waals surface area contributed by atoms with Crippen LogP contribution in [0.15, 0.2) is 35.9 Å². The minimum Gasteiger partial charge on any atom is -0.495 e. The Hall–Kier alpha value is -3.16. The second-order valence-electron chi connectivity index (χ2n) is 12.5. The summed E-state index contributed by atoms with van der Waals surface area (Å²) >= 11 is 6.69. The molecule has 248 valence electrons. The number of alkyl carbamates (subject to hydrolysis) is 1. The van der Waals surface area contributed by atoms with Crippen LogP contribution in [0.1, 0.15) is 39.2 Å². The fraction of sp³-hybridized carbons (Fsp3) is 0.594. The highest BCUT2D eigenvalue weighted by Gasteiger charge is 2.64. The lowest BCUT2D eigenvalue weighted by Crippen LogP contribution is -2.63. The Morgan fingerprint density at radius 1 is 1.27 bits per heavy atom. The molecule has 0 aromatic heterocycles. The number of hydrogen-bond acceptors (Lipinski definition) is 10. The number of aliphatic hydroxyl groups is 1. The van der Waals surface area contributed by atoms with Gasteiger partial charge in [-0.05, 0) is 52.1 Å². The number of carbonyl (C=O) groups excluding carboxylic acids is 3. The molecule has 2 amide bonds. The number of hydrogen-bond donors (Lipinski definition) is 2. The highest BCUT2D eigenvalue weighted by molar-refractivity contribution is 6.35. The number of rotatable bonds is 5. The Kier molecular flexibility index (Phi) is 10.6. The van der Waals surface area contributed by atoms with Gasteiger partial charge >= 0.3 is 12.1 Å². The van der Waals surface area contributed by atoms with Gasteiger partial charge in [0.1, 0.15) is 34.7 Å². The van der Waals surface area contributed by atoms with Gasteiger partial charge in [-0.1, -0.05) is 42.3 Å². The number of allylic oxidation sites excluding steroid dienone is 3. The second-order valence-corrected chi connectivity index (χ2v) is 12.9. The van der Waals surface area contributed by atoms with E-state index >= 15 is 0 Å². The fourth-order valence-electron chi connectivity index (χ4n) is 6.06. The largest absolute Gasteiger partial charge is 0.495 e. The minimum atomic E-state index is -1.77. The van der Waals surface area contributed by atoms with Gasteiger partial charge in [0, 0.05) is 26.5 Å². The van der Waals surface area contributed by atoms with Gasteiger partial charge in [-0.25, -0.2) is 4.79 Å². The van der Waals surface area contributed by atoms with Gasteiger partial charge in [-0.2, -0.15) is 0 Å². The Bertz CT molecular complexity index is 1370. The van der Waals surface area contributed by atoms with E-state index in [-0.39, 0.29) is 30.3 Å². The van der Waals surface area contributed by atoms with Gasteiger partial charge in [0.15, 0.2) is 5.72 Å². The molecule has 45 heavy (non-hydrogen) atoms. The van der Waals surface area contributed by atoms with E-state index in [1.165, 1.54) is 19.1 Å². The van der Waals surface area contributed by atoms with Crippen LogP contribution in [0.4, 0.5) is 10.5 Å². The first kappa shape index (κ1) is 34.7. The number of anilines is 1. The normalized spacial score (nSPS) is 34.2. The SMILES string of the molecule is COc1cc2cc(c1Cl)N(C)C(=O)C[C@H](OC(=O)CN(C)C)[C@]1(C)O[C@H]1[C@H](C)[C@@H]1C[C@@](O)(NC(=O)O1)[C@H](OC)/C=C/C=C(\C)C2. The van der Waals surface area contributed by atoms with Crippen molar-refractivity contribution in [3.8, 4) is 5.75 Å². The van der Waals surface area contributed by atoms with Crippen molar-refractivity contribution in [1.82, 2.24) is 10.2 Å². The number of fused-ring (bicyclic) bond motifs is 5. The van der Waals surface area contributed by atoms with E-state index in [1.54, 1.807) is 45.1 Å². The van der Waals surface area contributed by atoms with E-state index < -0.39 is 53.7 Å². The number of carbonyl (C=O) groups is 3. The third kappa shape index (κ3) is 7.63. The maximum absolute atomic E-state index is 13.8. The number of amides is 2. The van der Waals surface area contributed by atoms with Gasteiger partial charge in [0.05, 0.1) is 31.9 Å². The Balaban J connectivity index is 1.79. The number of ether oxygens (including phenoxy) is 5. The van der Waals surface area contributed by atoms with Gasteiger partial charge in [-0.15, -0.1) is 0 Å². The summed E-state index contributed by atoms with van der Waals surface area (Å²) in [5.41, 5.74) is -0.620. The van der Waals surface area contributed by atoms with Crippen molar-refractivity contribution in [2.24, 2.45) is 5.92 Å². The summed E-state index contributed by atoms with van der Waals surface area (Å²) in [7, 11) is 8.03. The van der Waals surface area contributed by atoms with Crippen LogP contribution in [0.3, 0.4) is 0 Å². The molecule has 2 saturated heterocycles. The average Bonchev–Trinajstić information content (AvgIpc) is 3.65. The van der Waals surface area contributed by atoms with E-state index in [0.29, 0.717) is 17.9 Å². The molecule has 4 rings (SSSR count). The van der Waals surface area contributed by atoms with Crippen molar-refractivity contribution in [2.75, 3.05) is 46.8 Å². The molecule has 0 aliphatic carbocycles. The molecule has 0 spiro atoms. The molecule has 3 aliphatic heterocycles. The molecule has 0 saturated carbocycles. The van der Waals surface area contributed by atoms with Crippen LogP contribution in [-0.4, -0.2) is 106 Å². The Morgan fingerprint density at radius 3 is 2.62 bits per heavy atom. The quantitative estimate of drug-likeness (QED) is 0.361. The number of nitrogens with zero attached hydrogens (tertiary/aromatic N) is 2. The number of nitrogens with one attached hydrogen (secondary N) is 1. The summed E-state index contributed by atoms with van der Waals surface area (Å²) in [6.07, 6.45) is 1.58. The molecular weight excluding hydrogens is 606 g/mol. The fourth-order valence-corrected chi connectivity index (χ4v) is 6.37. The lowest BCUT2D eigenvalue weighted by atomic mass is 9.83.